The molecule has 0 aliphatic carbocycles. The number of hydrogen-bond donors (Lipinski definition) is 3. The van der Waals surface area contributed by atoms with Crippen molar-refractivity contribution in [1.82, 2.24) is 9.97 Å². The van der Waals surface area contributed by atoms with E-state index >= 15 is 0 Å². The number of hydrogen-bond acceptors (Lipinski definition) is 8. The van der Waals surface area contributed by atoms with Crippen LogP contribution < -0.4 is 21.1 Å². The molecule has 0 aliphatic rings. The van der Waals surface area contributed by atoms with Crippen LogP contribution in [-0.2, 0) is 15.6 Å². The van der Waals surface area contributed by atoms with Gasteiger partial charge in [0.05, 0.1) is 28.6 Å². The molecule has 0 saturated heterocycles. The summed E-state index contributed by atoms with van der Waals surface area (Å²) in [5, 5.41) is 5.74. The first-order valence-corrected chi connectivity index (χ1v) is 13.3. The van der Waals surface area contributed by atoms with E-state index in [2.05, 4.69) is 20.6 Å². The van der Waals surface area contributed by atoms with Gasteiger partial charge in [-0.2, -0.15) is 0 Å². The van der Waals surface area contributed by atoms with Crippen molar-refractivity contribution >= 4 is 44.8 Å². The molecule has 0 fully saturated rings. The second-order valence-corrected chi connectivity index (χ2v) is 10.6. The highest BCUT2D eigenvalue weighted by Gasteiger charge is 2.20. The summed E-state index contributed by atoms with van der Waals surface area (Å²) >= 11 is 5.84. The van der Waals surface area contributed by atoms with Crippen molar-refractivity contribution in [2.75, 3.05) is 30.0 Å². The number of anilines is 2. The largest absolute Gasteiger partial charge is 0.493 e. The molecular formula is C24H26ClN5O5S. The lowest BCUT2D eigenvalue weighted by Gasteiger charge is -2.15. The minimum absolute atomic E-state index is 0.0144. The smallest absolute Gasteiger partial charge is 0.277 e. The molecular weight excluding hydrogens is 506 g/mol. The maximum Gasteiger partial charge on any atom is 0.277 e. The molecule has 190 valence electrons. The van der Waals surface area contributed by atoms with Crippen molar-refractivity contribution in [2.45, 2.75) is 19.1 Å². The summed E-state index contributed by atoms with van der Waals surface area (Å²) in [7, 11) is -3.29. The van der Waals surface area contributed by atoms with Gasteiger partial charge >= 0.3 is 0 Å². The topological polar surface area (TPSA) is 153 Å². The number of nitrogens with zero attached hydrogens (tertiary/aromatic N) is 2. The van der Waals surface area contributed by atoms with Crippen LogP contribution >= 0.6 is 11.6 Å². The van der Waals surface area contributed by atoms with E-state index in [4.69, 9.17) is 22.1 Å². The standard InChI is InChI=1S/C24H26ClN5O5S/c1-15-4-8-19(22(28-15)24(32)30-21-9-6-17(25)13-27-21)29-23(31)18-7-5-16(14-36(2,33)34)12-20(18)35-11-3-10-26/h4-9,12-13H,3,10-11,14,26H2,1-2H3,(H,29,31)(H,27,30,32). The third-order valence-electron chi connectivity index (χ3n) is 4.79. The van der Waals surface area contributed by atoms with E-state index < -0.39 is 21.7 Å². The fourth-order valence-corrected chi connectivity index (χ4v) is 4.07. The monoisotopic (exact) mass is 531 g/mol. The molecule has 1 aromatic carbocycles. The third-order valence-corrected chi connectivity index (χ3v) is 5.87. The van der Waals surface area contributed by atoms with Crippen molar-refractivity contribution in [3.05, 3.63) is 76.2 Å². The Labute approximate surface area is 214 Å². The van der Waals surface area contributed by atoms with Crippen molar-refractivity contribution in [2.24, 2.45) is 5.73 Å². The zero-order valence-electron chi connectivity index (χ0n) is 19.7. The van der Waals surface area contributed by atoms with Gasteiger partial charge in [0, 0.05) is 18.1 Å². The summed E-state index contributed by atoms with van der Waals surface area (Å²) in [5.41, 5.74) is 6.89. The van der Waals surface area contributed by atoms with Gasteiger partial charge in [-0.1, -0.05) is 17.7 Å². The average molecular weight is 532 g/mol. The van der Waals surface area contributed by atoms with Gasteiger partial charge in [0.15, 0.2) is 15.5 Å². The summed E-state index contributed by atoms with van der Waals surface area (Å²) in [6.45, 7) is 2.35. The van der Waals surface area contributed by atoms with E-state index in [0.29, 0.717) is 29.2 Å². The summed E-state index contributed by atoms with van der Waals surface area (Å²) in [5.74, 6) is -0.868. The van der Waals surface area contributed by atoms with E-state index in [1.165, 1.54) is 24.4 Å². The SMILES string of the molecule is Cc1ccc(NC(=O)c2ccc(CS(C)(=O)=O)cc2OCCCN)c(C(=O)Nc2ccc(Cl)cn2)n1. The predicted octanol–water partition coefficient (Wildman–Crippen LogP) is 3.22. The molecule has 0 saturated carbocycles. The van der Waals surface area contributed by atoms with E-state index in [1.807, 2.05) is 0 Å². The van der Waals surface area contributed by atoms with Crippen molar-refractivity contribution < 1.29 is 22.7 Å². The van der Waals surface area contributed by atoms with Crippen LogP contribution in [0, 0.1) is 6.92 Å². The Bertz CT molecular complexity index is 1360. The van der Waals surface area contributed by atoms with Gasteiger partial charge in [0.2, 0.25) is 0 Å². The zero-order valence-corrected chi connectivity index (χ0v) is 21.3. The Morgan fingerprint density at radius 3 is 2.53 bits per heavy atom. The Morgan fingerprint density at radius 1 is 1.08 bits per heavy atom. The minimum atomic E-state index is -3.29. The van der Waals surface area contributed by atoms with Gasteiger partial charge in [-0.05, 0) is 61.9 Å². The number of amides is 2. The van der Waals surface area contributed by atoms with Gasteiger partial charge < -0.3 is 21.1 Å². The molecule has 3 rings (SSSR count). The van der Waals surface area contributed by atoms with Gasteiger partial charge in [-0.3, -0.25) is 9.59 Å². The number of aryl methyl sites for hydroxylation is 1. The lowest BCUT2D eigenvalue weighted by atomic mass is 10.1. The van der Waals surface area contributed by atoms with Crippen LogP contribution in [0.1, 0.15) is 38.5 Å². The number of carbonyl (C=O) groups excluding carboxylic acids is 2. The average Bonchev–Trinajstić information content (AvgIpc) is 2.81. The first-order chi connectivity index (χ1) is 17.1. The fourth-order valence-electron chi connectivity index (χ4n) is 3.18. The lowest BCUT2D eigenvalue weighted by molar-refractivity contribution is 0.102. The predicted molar refractivity (Wildman–Crippen MR) is 138 cm³/mol. The number of pyridine rings is 2. The summed E-state index contributed by atoms with van der Waals surface area (Å²) in [4.78, 5) is 34.4. The number of nitrogens with two attached hydrogens (primary N) is 1. The molecule has 0 spiro atoms. The fraction of sp³-hybridized carbons (Fsp3) is 0.250. The lowest BCUT2D eigenvalue weighted by Crippen LogP contribution is -2.21. The quantitative estimate of drug-likeness (QED) is 0.337. The van der Waals surface area contributed by atoms with Crippen LogP contribution in [0.3, 0.4) is 0 Å². The van der Waals surface area contributed by atoms with Crippen molar-refractivity contribution in [3.8, 4) is 5.75 Å². The molecule has 2 heterocycles. The van der Waals surface area contributed by atoms with Gasteiger partial charge in [-0.15, -0.1) is 0 Å². The Hall–Kier alpha value is -3.54. The van der Waals surface area contributed by atoms with Gasteiger partial charge in [0.1, 0.15) is 11.6 Å². The number of benzene rings is 1. The number of ether oxygens (including phenoxy) is 1. The second-order valence-electron chi connectivity index (χ2n) is 8.01. The number of aromatic nitrogens is 2. The highest BCUT2D eigenvalue weighted by molar-refractivity contribution is 7.89. The van der Waals surface area contributed by atoms with Crippen LogP contribution in [0.4, 0.5) is 11.5 Å². The Balaban J connectivity index is 1.88. The number of rotatable bonds is 10. The van der Waals surface area contributed by atoms with Crippen molar-refractivity contribution in [3.63, 3.8) is 0 Å². The van der Waals surface area contributed by atoms with E-state index in [-0.39, 0.29) is 40.9 Å². The number of halogens is 1. The summed E-state index contributed by atoms with van der Waals surface area (Å²) < 4.78 is 29.2. The third kappa shape index (κ3) is 7.74. The highest BCUT2D eigenvalue weighted by Crippen LogP contribution is 2.25. The Morgan fingerprint density at radius 2 is 1.86 bits per heavy atom. The van der Waals surface area contributed by atoms with Crippen LogP contribution in [0.2, 0.25) is 5.02 Å². The molecule has 10 nitrogen and oxygen atoms in total. The molecule has 3 aromatic rings. The van der Waals surface area contributed by atoms with Crippen LogP contribution in [0.5, 0.6) is 5.75 Å². The normalized spacial score (nSPS) is 11.1. The molecule has 4 N–H and O–H groups in total. The maximum atomic E-state index is 13.2. The van der Waals surface area contributed by atoms with E-state index in [9.17, 15) is 18.0 Å². The zero-order chi connectivity index (χ0) is 26.3. The second kappa shape index (κ2) is 11.9. The first-order valence-electron chi connectivity index (χ1n) is 10.9. The van der Waals surface area contributed by atoms with Gasteiger partial charge in [-0.25, -0.2) is 18.4 Å². The van der Waals surface area contributed by atoms with Gasteiger partial charge in [0.25, 0.3) is 11.8 Å². The van der Waals surface area contributed by atoms with Crippen LogP contribution in [-0.4, -0.2) is 49.6 Å². The molecule has 2 aromatic heterocycles. The molecule has 36 heavy (non-hydrogen) atoms. The number of sulfone groups is 1. The molecule has 0 aliphatic heterocycles. The van der Waals surface area contributed by atoms with Crippen LogP contribution in [0.25, 0.3) is 0 Å². The number of nitrogens with one attached hydrogen (secondary N) is 2. The molecule has 0 radical (unpaired) electrons. The van der Waals surface area contributed by atoms with E-state index in [1.54, 1.807) is 31.2 Å². The molecule has 2 amide bonds. The Kier molecular flexibility index (Phi) is 8.97. The minimum Gasteiger partial charge on any atom is -0.493 e. The molecule has 12 heteroatoms. The maximum absolute atomic E-state index is 13.2. The van der Waals surface area contributed by atoms with Crippen molar-refractivity contribution in [1.29, 1.82) is 0 Å². The number of carbonyl (C=O) groups is 2. The van der Waals surface area contributed by atoms with E-state index in [0.717, 1.165) is 6.26 Å². The van der Waals surface area contributed by atoms with Crippen LogP contribution in [0.15, 0.2) is 48.7 Å². The summed E-state index contributed by atoms with van der Waals surface area (Å²) in [6.07, 6.45) is 3.06. The molecule has 0 bridgehead atoms. The summed E-state index contributed by atoms with van der Waals surface area (Å²) in [6, 6.07) is 10.9. The molecule has 0 atom stereocenters. The highest BCUT2D eigenvalue weighted by atomic mass is 35.5. The molecule has 0 unspecified atom stereocenters. The first kappa shape index (κ1) is 27.1.